The van der Waals surface area contributed by atoms with Crippen molar-refractivity contribution in [2.45, 2.75) is 6.42 Å². The topological polar surface area (TPSA) is 37.9 Å². The van der Waals surface area contributed by atoms with Crippen LogP contribution < -0.4 is 0 Å². The van der Waals surface area contributed by atoms with Gasteiger partial charge in [-0.25, -0.2) is 0 Å². The zero-order valence-electron chi connectivity index (χ0n) is 6.32. The summed E-state index contributed by atoms with van der Waals surface area (Å²) in [6.45, 7) is 0. The molecule has 0 atom stereocenters. The SMILES string of the molecule is C1=C2Cc3occc3C=C2N=N1. The lowest BCUT2D eigenvalue weighted by Crippen LogP contribution is -1.96. The first-order valence-electron chi connectivity index (χ1n) is 3.82. The molecule has 1 aromatic heterocycles. The molecular formula is C9H6N2O. The third-order valence-electron chi connectivity index (χ3n) is 2.13. The van der Waals surface area contributed by atoms with Crippen LogP contribution in [0.15, 0.2) is 44.4 Å². The summed E-state index contributed by atoms with van der Waals surface area (Å²) in [7, 11) is 0. The number of rotatable bonds is 0. The summed E-state index contributed by atoms with van der Waals surface area (Å²) in [5.74, 6) is 1.01. The highest BCUT2D eigenvalue weighted by Gasteiger charge is 2.19. The molecule has 0 aromatic carbocycles. The predicted octanol–water partition coefficient (Wildman–Crippen LogP) is 2.53. The molecule has 1 aromatic rings. The lowest BCUT2D eigenvalue weighted by Gasteiger charge is -2.06. The third kappa shape index (κ3) is 0.652. The molecule has 3 heteroatoms. The highest BCUT2D eigenvalue weighted by molar-refractivity contribution is 5.64. The number of fused-ring (bicyclic) bond motifs is 2. The summed E-state index contributed by atoms with van der Waals surface area (Å²) in [4.78, 5) is 0. The fraction of sp³-hybridized carbons (Fsp3) is 0.111. The van der Waals surface area contributed by atoms with E-state index in [1.807, 2.05) is 12.1 Å². The Kier molecular flexibility index (Phi) is 0.961. The van der Waals surface area contributed by atoms with Gasteiger partial charge in [-0.1, -0.05) is 0 Å². The Bertz CT molecular complexity index is 423. The minimum absolute atomic E-state index is 0.821. The molecule has 0 saturated carbocycles. The average Bonchev–Trinajstić information content (AvgIpc) is 2.64. The minimum Gasteiger partial charge on any atom is -0.468 e. The molecule has 1 aliphatic heterocycles. The van der Waals surface area contributed by atoms with E-state index >= 15 is 0 Å². The Morgan fingerprint density at radius 3 is 3.42 bits per heavy atom. The average molecular weight is 158 g/mol. The van der Waals surface area contributed by atoms with Crippen LogP contribution in [-0.2, 0) is 6.42 Å². The highest BCUT2D eigenvalue weighted by Crippen LogP contribution is 2.32. The van der Waals surface area contributed by atoms with E-state index in [1.165, 1.54) is 0 Å². The van der Waals surface area contributed by atoms with Crippen molar-refractivity contribution < 1.29 is 4.42 Å². The minimum atomic E-state index is 0.821. The smallest absolute Gasteiger partial charge is 0.115 e. The largest absolute Gasteiger partial charge is 0.468 e. The molecule has 3 rings (SSSR count). The van der Waals surface area contributed by atoms with E-state index in [-0.39, 0.29) is 0 Å². The molecule has 0 fully saturated rings. The molecular weight excluding hydrogens is 152 g/mol. The normalized spacial score (nSPS) is 18.3. The van der Waals surface area contributed by atoms with Gasteiger partial charge in [-0.15, -0.1) is 0 Å². The van der Waals surface area contributed by atoms with Crippen molar-refractivity contribution in [3.05, 3.63) is 41.1 Å². The summed E-state index contributed by atoms with van der Waals surface area (Å²) in [5.41, 5.74) is 3.25. The van der Waals surface area contributed by atoms with Crippen LogP contribution in [0.4, 0.5) is 0 Å². The molecule has 0 saturated heterocycles. The van der Waals surface area contributed by atoms with Gasteiger partial charge in [0, 0.05) is 17.6 Å². The van der Waals surface area contributed by atoms with Gasteiger partial charge in [-0.3, -0.25) is 0 Å². The zero-order valence-corrected chi connectivity index (χ0v) is 6.32. The molecule has 0 radical (unpaired) electrons. The van der Waals surface area contributed by atoms with Gasteiger partial charge in [0.15, 0.2) is 0 Å². The Morgan fingerprint density at radius 2 is 2.42 bits per heavy atom. The van der Waals surface area contributed by atoms with E-state index in [2.05, 4.69) is 10.2 Å². The van der Waals surface area contributed by atoms with Crippen molar-refractivity contribution in [1.82, 2.24) is 0 Å². The maximum atomic E-state index is 5.30. The monoisotopic (exact) mass is 158 g/mol. The summed E-state index contributed by atoms with van der Waals surface area (Å²) in [6.07, 6.45) is 6.32. The van der Waals surface area contributed by atoms with Gasteiger partial charge < -0.3 is 4.42 Å². The van der Waals surface area contributed by atoms with E-state index in [1.54, 1.807) is 12.5 Å². The van der Waals surface area contributed by atoms with Gasteiger partial charge in [-0.2, -0.15) is 10.2 Å². The summed E-state index contributed by atoms with van der Waals surface area (Å²) >= 11 is 0. The fourth-order valence-electron chi connectivity index (χ4n) is 1.49. The Labute approximate surface area is 69.1 Å². The van der Waals surface area contributed by atoms with Gasteiger partial charge in [0.25, 0.3) is 0 Å². The first-order chi connectivity index (χ1) is 5.93. The van der Waals surface area contributed by atoms with Gasteiger partial charge in [0.1, 0.15) is 5.76 Å². The molecule has 0 N–H and O–H groups in total. The second-order valence-corrected chi connectivity index (χ2v) is 2.88. The van der Waals surface area contributed by atoms with Crippen molar-refractivity contribution in [3.8, 4) is 0 Å². The van der Waals surface area contributed by atoms with Crippen LogP contribution in [0.2, 0.25) is 0 Å². The highest BCUT2D eigenvalue weighted by atomic mass is 16.3. The van der Waals surface area contributed by atoms with Gasteiger partial charge in [-0.05, 0) is 12.1 Å². The van der Waals surface area contributed by atoms with E-state index in [0.29, 0.717) is 0 Å². The van der Waals surface area contributed by atoms with Crippen LogP contribution in [0, 0.1) is 0 Å². The first kappa shape index (κ1) is 5.94. The molecule has 2 aliphatic rings. The van der Waals surface area contributed by atoms with Crippen molar-refractivity contribution in [2.24, 2.45) is 10.2 Å². The molecule has 0 bridgehead atoms. The Hall–Kier alpha value is -1.64. The van der Waals surface area contributed by atoms with Gasteiger partial charge >= 0.3 is 0 Å². The number of nitrogens with zero attached hydrogens (tertiary/aromatic N) is 2. The van der Waals surface area contributed by atoms with E-state index in [0.717, 1.165) is 29.0 Å². The molecule has 3 nitrogen and oxygen atoms in total. The molecule has 1 aliphatic carbocycles. The lowest BCUT2D eigenvalue weighted by molar-refractivity contribution is 0.518. The van der Waals surface area contributed by atoms with E-state index < -0.39 is 0 Å². The van der Waals surface area contributed by atoms with Crippen LogP contribution in [0.5, 0.6) is 0 Å². The first-order valence-corrected chi connectivity index (χ1v) is 3.82. The summed E-state index contributed by atoms with van der Waals surface area (Å²) in [5, 5.41) is 7.83. The van der Waals surface area contributed by atoms with Gasteiger partial charge in [0.05, 0.1) is 18.2 Å². The Morgan fingerprint density at radius 1 is 1.42 bits per heavy atom. The second-order valence-electron chi connectivity index (χ2n) is 2.88. The standard InChI is InChI=1S/C9H6N2O/c1-2-12-9-4-7-5-10-11-8(7)3-6(1)9/h1-3,5H,4H2. The third-order valence-corrected chi connectivity index (χ3v) is 2.13. The van der Waals surface area contributed by atoms with Crippen molar-refractivity contribution >= 4 is 6.08 Å². The van der Waals surface area contributed by atoms with E-state index in [9.17, 15) is 0 Å². The summed E-state index contributed by atoms with van der Waals surface area (Å²) in [6, 6.07) is 1.95. The predicted molar refractivity (Wildman–Crippen MR) is 43.3 cm³/mol. The molecule has 12 heavy (non-hydrogen) atoms. The van der Waals surface area contributed by atoms with Crippen LogP contribution >= 0.6 is 0 Å². The molecule has 58 valence electrons. The number of furan rings is 1. The van der Waals surface area contributed by atoms with Crippen molar-refractivity contribution in [3.63, 3.8) is 0 Å². The zero-order chi connectivity index (χ0) is 7.97. The maximum Gasteiger partial charge on any atom is 0.115 e. The molecule has 0 unspecified atom stereocenters. The second kappa shape index (κ2) is 1.94. The van der Waals surface area contributed by atoms with Crippen LogP contribution in [0.25, 0.3) is 6.08 Å². The summed E-state index contributed by atoms with van der Waals surface area (Å²) < 4.78 is 5.30. The number of hydrogen-bond acceptors (Lipinski definition) is 3. The lowest BCUT2D eigenvalue weighted by atomic mass is 9.99. The number of azo groups is 1. The molecule has 2 heterocycles. The van der Waals surface area contributed by atoms with Crippen molar-refractivity contribution in [1.29, 1.82) is 0 Å². The Balaban J connectivity index is 2.23. The van der Waals surface area contributed by atoms with Crippen LogP contribution in [0.1, 0.15) is 11.3 Å². The van der Waals surface area contributed by atoms with Crippen LogP contribution in [-0.4, -0.2) is 0 Å². The molecule has 0 amide bonds. The number of allylic oxidation sites excluding steroid dienone is 1. The number of hydrogen-bond donors (Lipinski definition) is 0. The quantitative estimate of drug-likeness (QED) is 0.571. The van der Waals surface area contributed by atoms with Crippen molar-refractivity contribution in [2.75, 3.05) is 0 Å². The van der Waals surface area contributed by atoms with Crippen LogP contribution in [0.3, 0.4) is 0 Å². The maximum absolute atomic E-state index is 5.30. The van der Waals surface area contributed by atoms with E-state index in [4.69, 9.17) is 4.42 Å². The molecule has 0 spiro atoms. The van der Waals surface area contributed by atoms with Gasteiger partial charge in [0.2, 0.25) is 0 Å². The fourth-order valence-corrected chi connectivity index (χ4v) is 1.49.